The third-order valence-electron chi connectivity index (χ3n) is 4.32. The first-order chi connectivity index (χ1) is 14.1. The summed E-state index contributed by atoms with van der Waals surface area (Å²) >= 11 is 1.46. The second kappa shape index (κ2) is 8.15. The minimum atomic E-state index is -0.516. The van der Waals surface area contributed by atoms with E-state index >= 15 is 0 Å². The molecule has 0 bridgehead atoms. The summed E-state index contributed by atoms with van der Waals surface area (Å²) in [7, 11) is 1.99. The zero-order valence-corrected chi connectivity index (χ0v) is 16.3. The number of fused-ring (bicyclic) bond motifs is 2. The van der Waals surface area contributed by atoms with Gasteiger partial charge in [-0.3, -0.25) is 10.0 Å². The van der Waals surface area contributed by atoms with E-state index in [1.807, 2.05) is 24.5 Å². The van der Waals surface area contributed by atoms with Crippen molar-refractivity contribution in [2.75, 3.05) is 25.6 Å². The van der Waals surface area contributed by atoms with Crippen LogP contribution in [0.4, 0.5) is 5.82 Å². The smallest absolute Gasteiger partial charge is 0.257 e. The standard InChI is InChI=1S/C16H18BN7O4S/c17-8-3-9-10(28-7-27-9)4-11(8)29-16-22-13-14(18)20-6-21-15(13)24(16)2-1-19-5-12(25)23-26/h3-4,6,19,26H,1-2,5,7,17H2,(H,23,25)(H2,18,20,21). The van der Waals surface area contributed by atoms with E-state index in [-0.39, 0.29) is 13.3 Å². The molecule has 13 heteroatoms. The SMILES string of the molecule is Bc1cc2c(cc1Sc1nc3c(N)ncnc3n1CCNCC(=O)NO)OCO2. The number of nitrogen functional groups attached to an aromatic ring is 1. The van der Waals surface area contributed by atoms with Gasteiger partial charge in [0.05, 0.1) is 6.54 Å². The number of amides is 1. The molecule has 3 heterocycles. The largest absolute Gasteiger partial charge is 0.454 e. The van der Waals surface area contributed by atoms with Crippen molar-refractivity contribution in [1.29, 1.82) is 0 Å². The predicted octanol–water partition coefficient (Wildman–Crippen LogP) is -1.36. The van der Waals surface area contributed by atoms with Crippen molar-refractivity contribution in [3.05, 3.63) is 18.5 Å². The highest BCUT2D eigenvalue weighted by Gasteiger charge is 2.20. The number of nitrogens with two attached hydrogens (primary N) is 1. The van der Waals surface area contributed by atoms with Gasteiger partial charge >= 0.3 is 0 Å². The molecule has 29 heavy (non-hydrogen) atoms. The first kappa shape index (κ1) is 19.3. The van der Waals surface area contributed by atoms with Gasteiger partial charge in [-0.05, 0) is 12.1 Å². The number of rotatable bonds is 7. The molecule has 0 saturated carbocycles. The lowest BCUT2D eigenvalue weighted by Crippen LogP contribution is -2.33. The average Bonchev–Trinajstić information content (AvgIpc) is 3.30. The minimum Gasteiger partial charge on any atom is -0.454 e. The second-order valence-electron chi connectivity index (χ2n) is 6.26. The third-order valence-corrected chi connectivity index (χ3v) is 5.47. The van der Waals surface area contributed by atoms with Crippen LogP contribution >= 0.6 is 11.8 Å². The minimum absolute atomic E-state index is 0.00992. The first-order valence-corrected chi connectivity index (χ1v) is 9.57. The molecule has 0 saturated heterocycles. The molecule has 1 aromatic carbocycles. The van der Waals surface area contributed by atoms with Gasteiger partial charge in [0.2, 0.25) is 6.79 Å². The van der Waals surface area contributed by atoms with Crippen LogP contribution in [0.15, 0.2) is 28.5 Å². The third kappa shape index (κ3) is 3.92. The van der Waals surface area contributed by atoms with E-state index in [0.29, 0.717) is 41.0 Å². The fourth-order valence-corrected chi connectivity index (χ4v) is 3.89. The van der Waals surface area contributed by atoms with Crippen LogP contribution in [-0.4, -0.2) is 58.4 Å². The fourth-order valence-electron chi connectivity index (χ4n) is 2.88. The molecule has 1 aliphatic heterocycles. The molecule has 0 aliphatic carbocycles. The van der Waals surface area contributed by atoms with E-state index in [1.54, 1.807) is 5.48 Å². The van der Waals surface area contributed by atoms with Crippen LogP contribution in [0.25, 0.3) is 11.2 Å². The number of benzene rings is 1. The van der Waals surface area contributed by atoms with Gasteiger partial charge in [-0.25, -0.2) is 20.4 Å². The van der Waals surface area contributed by atoms with E-state index in [2.05, 4.69) is 20.3 Å². The molecular formula is C16H18BN7O4S. The van der Waals surface area contributed by atoms with Crippen LogP contribution in [-0.2, 0) is 11.3 Å². The van der Waals surface area contributed by atoms with Gasteiger partial charge in [-0.15, -0.1) is 0 Å². The number of hydrogen-bond donors (Lipinski definition) is 4. The monoisotopic (exact) mass is 415 g/mol. The van der Waals surface area contributed by atoms with Crippen molar-refractivity contribution in [3.8, 4) is 11.5 Å². The molecule has 0 fully saturated rings. The maximum Gasteiger partial charge on any atom is 0.257 e. The highest BCUT2D eigenvalue weighted by atomic mass is 32.2. The van der Waals surface area contributed by atoms with Gasteiger partial charge in [0, 0.05) is 18.0 Å². The van der Waals surface area contributed by atoms with E-state index in [9.17, 15) is 4.79 Å². The van der Waals surface area contributed by atoms with Gasteiger partial charge < -0.3 is 25.1 Å². The van der Waals surface area contributed by atoms with Gasteiger partial charge in [-0.2, -0.15) is 0 Å². The number of imidazole rings is 1. The van der Waals surface area contributed by atoms with Crippen molar-refractivity contribution in [2.24, 2.45) is 0 Å². The summed E-state index contributed by atoms with van der Waals surface area (Å²) in [5.41, 5.74) is 9.70. The Morgan fingerprint density at radius 2 is 2.14 bits per heavy atom. The quantitative estimate of drug-likeness (QED) is 0.158. The van der Waals surface area contributed by atoms with E-state index in [1.165, 1.54) is 18.1 Å². The highest BCUT2D eigenvalue weighted by Crippen LogP contribution is 2.37. The maximum absolute atomic E-state index is 11.2. The zero-order valence-electron chi connectivity index (χ0n) is 15.5. The van der Waals surface area contributed by atoms with Crippen molar-refractivity contribution >= 4 is 48.0 Å². The summed E-state index contributed by atoms with van der Waals surface area (Å²) in [5.74, 6) is 1.20. The number of carbonyl (C=O) groups is 1. The molecule has 150 valence electrons. The Morgan fingerprint density at radius 1 is 1.34 bits per heavy atom. The van der Waals surface area contributed by atoms with Crippen LogP contribution < -0.4 is 31.5 Å². The number of nitrogens with zero attached hydrogens (tertiary/aromatic N) is 4. The fraction of sp³-hybridized carbons (Fsp3) is 0.250. The molecule has 11 nitrogen and oxygen atoms in total. The van der Waals surface area contributed by atoms with E-state index < -0.39 is 5.91 Å². The maximum atomic E-state index is 11.2. The number of ether oxygens (including phenoxy) is 2. The predicted molar refractivity (Wildman–Crippen MR) is 107 cm³/mol. The summed E-state index contributed by atoms with van der Waals surface area (Å²) in [4.78, 5) is 25.1. The molecule has 2 aromatic heterocycles. The summed E-state index contributed by atoms with van der Waals surface area (Å²) in [6.07, 6.45) is 1.39. The summed E-state index contributed by atoms with van der Waals surface area (Å²) in [6, 6.07) is 3.85. The Balaban J connectivity index is 1.63. The van der Waals surface area contributed by atoms with Gasteiger partial charge in [-0.1, -0.05) is 17.2 Å². The Morgan fingerprint density at radius 3 is 2.93 bits per heavy atom. The molecular weight excluding hydrogens is 397 g/mol. The van der Waals surface area contributed by atoms with E-state index in [4.69, 9.17) is 20.4 Å². The molecule has 5 N–H and O–H groups in total. The van der Waals surface area contributed by atoms with Crippen molar-refractivity contribution in [2.45, 2.75) is 16.6 Å². The molecule has 0 radical (unpaired) electrons. The molecule has 0 unspecified atom stereocenters. The Bertz CT molecular complexity index is 1080. The van der Waals surface area contributed by atoms with Crippen LogP contribution in [0.2, 0.25) is 0 Å². The number of carbonyl (C=O) groups excluding carboxylic acids is 1. The Kier molecular flexibility index (Phi) is 5.42. The van der Waals surface area contributed by atoms with Gasteiger partial charge in [0.1, 0.15) is 14.2 Å². The summed E-state index contributed by atoms with van der Waals surface area (Å²) in [5, 5.41) is 12.2. The molecule has 3 aromatic rings. The molecule has 1 amide bonds. The first-order valence-electron chi connectivity index (χ1n) is 8.75. The van der Waals surface area contributed by atoms with Crippen LogP contribution in [0.3, 0.4) is 0 Å². The topological polar surface area (TPSA) is 149 Å². The van der Waals surface area contributed by atoms with Crippen LogP contribution in [0.5, 0.6) is 11.5 Å². The van der Waals surface area contributed by atoms with Crippen molar-refractivity contribution in [1.82, 2.24) is 30.3 Å². The van der Waals surface area contributed by atoms with Crippen LogP contribution in [0, 0.1) is 0 Å². The number of hydrogen-bond acceptors (Lipinski definition) is 10. The van der Waals surface area contributed by atoms with E-state index in [0.717, 1.165) is 16.1 Å². The average molecular weight is 415 g/mol. The zero-order chi connectivity index (χ0) is 20.4. The van der Waals surface area contributed by atoms with Crippen molar-refractivity contribution < 1.29 is 19.5 Å². The number of anilines is 1. The molecule has 4 rings (SSSR count). The summed E-state index contributed by atoms with van der Waals surface area (Å²) in [6.45, 7) is 1.14. The Hall–Kier alpha value is -3.03. The summed E-state index contributed by atoms with van der Waals surface area (Å²) < 4.78 is 12.8. The lowest BCUT2D eigenvalue weighted by Gasteiger charge is -2.11. The van der Waals surface area contributed by atoms with Gasteiger partial charge in [0.25, 0.3) is 5.91 Å². The number of nitrogens with one attached hydrogen (secondary N) is 2. The van der Waals surface area contributed by atoms with Crippen molar-refractivity contribution in [3.63, 3.8) is 0 Å². The highest BCUT2D eigenvalue weighted by molar-refractivity contribution is 7.99. The van der Waals surface area contributed by atoms with Gasteiger partial charge in [0.15, 0.2) is 33.6 Å². The van der Waals surface area contributed by atoms with Crippen LogP contribution in [0.1, 0.15) is 0 Å². The number of aromatic nitrogens is 4. The second-order valence-corrected chi connectivity index (χ2v) is 7.27. The lowest BCUT2D eigenvalue weighted by atomic mass is 9.96. The molecule has 1 aliphatic rings. The Labute approximate surface area is 170 Å². The molecule has 0 atom stereocenters. The molecule has 0 spiro atoms. The number of hydroxylamine groups is 1. The lowest BCUT2D eigenvalue weighted by molar-refractivity contribution is -0.128. The normalized spacial score (nSPS) is 12.4.